The molecule has 0 fully saturated rings. The summed E-state index contributed by atoms with van der Waals surface area (Å²) in [6.07, 6.45) is 0. The quantitative estimate of drug-likeness (QED) is 0.588. The van der Waals surface area contributed by atoms with Crippen molar-refractivity contribution in [2.24, 2.45) is 0 Å². The monoisotopic (exact) mass is 324 g/mol. The van der Waals surface area contributed by atoms with Gasteiger partial charge in [-0.2, -0.15) is 0 Å². The maximum atomic E-state index is 11.6. The second-order valence-electron chi connectivity index (χ2n) is 2.89. The van der Waals surface area contributed by atoms with E-state index in [1.54, 1.807) is 6.55 Å². The summed E-state index contributed by atoms with van der Waals surface area (Å²) >= 11 is 0. The molecule has 0 bridgehead atoms. The maximum absolute atomic E-state index is 11.6. The molecule has 0 aromatic rings. The van der Waals surface area contributed by atoms with Crippen molar-refractivity contribution in [1.82, 2.24) is 0 Å². The molecule has 0 radical (unpaired) electrons. The Morgan fingerprint density at radius 2 is 1.05 bits per heavy atom. The van der Waals surface area contributed by atoms with Crippen molar-refractivity contribution in [3.63, 3.8) is 0 Å². The van der Waals surface area contributed by atoms with Crippen LogP contribution in [0.4, 0.5) is 8.78 Å². The van der Waals surface area contributed by atoms with E-state index in [0.717, 1.165) is 0 Å². The molecular formula is C8H22F2O7Si2. The number of hydrogen-bond donors (Lipinski definition) is 0. The third-order valence-electron chi connectivity index (χ3n) is 2.04. The summed E-state index contributed by atoms with van der Waals surface area (Å²) in [6.45, 7) is -0.210. The Labute approximate surface area is 114 Å². The van der Waals surface area contributed by atoms with Gasteiger partial charge in [-0.05, 0) is 0 Å². The van der Waals surface area contributed by atoms with E-state index < -0.39 is 31.6 Å². The molecule has 7 nitrogen and oxygen atoms in total. The fourth-order valence-electron chi connectivity index (χ4n) is 0.794. The van der Waals surface area contributed by atoms with E-state index in [0.29, 0.717) is 0 Å². The Morgan fingerprint density at radius 1 is 0.684 bits per heavy atom. The first-order valence-corrected chi connectivity index (χ1v) is 8.94. The van der Waals surface area contributed by atoms with Gasteiger partial charge in [0.15, 0.2) is 13.7 Å². The molecule has 0 spiro atoms. The van der Waals surface area contributed by atoms with Gasteiger partial charge in [0.1, 0.15) is 0 Å². The Bertz CT molecular complexity index is 197. The van der Waals surface area contributed by atoms with Gasteiger partial charge in [-0.3, -0.25) is 0 Å². The molecule has 0 aromatic carbocycles. The van der Waals surface area contributed by atoms with Crippen molar-refractivity contribution in [3.05, 3.63) is 0 Å². The third kappa shape index (κ3) is 8.72. The Morgan fingerprint density at radius 3 is 1.16 bits per heavy atom. The summed E-state index contributed by atoms with van der Waals surface area (Å²) in [7, 11) is 1.23. The van der Waals surface area contributed by atoms with Gasteiger partial charge in [-0.25, -0.2) is 8.78 Å². The summed E-state index contributed by atoms with van der Waals surface area (Å²) in [5.74, 6) is 0. The SMILES string of the molecule is CO[Si](C)(OC)OCF.CO[Si](OC)(OC)OCF. The van der Waals surface area contributed by atoms with Crippen molar-refractivity contribution in [1.29, 1.82) is 0 Å². The van der Waals surface area contributed by atoms with Gasteiger partial charge < -0.3 is 31.0 Å². The van der Waals surface area contributed by atoms with Crippen molar-refractivity contribution in [2.75, 3.05) is 49.3 Å². The molecule has 0 aliphatic carbocycles. The molecule has 11 heteroatoms. The molecule has 0 atom stereocenters. The molecule has 0 N–H and O–H groups in total. The number of alkyl halides is 2. The van der Waals surface area contributed by atoms with Crippen LogP contribution in [-0.2, 0) is 31.0 Å². The van der Waals surface area contributed by atoms with E-state index in [9.17, 15) is 8.78 Å². The fourth-order valence-corrected chi connectivity index (χ4v) is 2.38. The topological polar surface area (TPSA) is 64.6 Å². The minimum atomic E-state index is -3.09. The van der Waals surface area contributed by atoms with Crippen LogP contribution < -0.4 is 0 Å². The zero-order valence-corrected chi connectivity index (χ0v) is 14.0. The molecule has 0 aliphatic rings. The summed E-state index contributed by atoms with van der Waals surface area (Å²) < 4.78 is 55.9. The molecule has 0 heterocycles. The van der Waals surface area contributed by atoms with Gasteiger partial charge in [0.2, 0.25) is 0 Å². The van der Waals surface area contributed by atoms with Gasteiger partial charge in [0, 0.05) is 42.1 Å². The number of halogens is 2. The Balaban J connectivity index is 0. The van der Waals surface area contributed by atoms with E-state index in [4.69, 9.17) is 22.1 Å². The van der Waals surface area contributed by atoms with Gasteiger partial charge in [-0.15, -0.1) is 0 Å². The average molecular weight is 324 g/mol. The van der Waals surface area contributed by atoms with Gasteiger partial charge >= 0.3 is 17.9 Å². The van der Waals surface area contributed by atoms with Gasteiger partial charge in [0.25, 0.3) is 0 Å². The molecule has 0 amide bonds. The van der Waals surface area contributed by atoms with Gasteiger partial charge in [-0.1, -0.05) is 0 Å². The molecule has 0 saturated carbocycles. The summed E-state index contributed by atoms with van der Waals surface area (Å²) in [4.78, 5) is 0. The summed E-state index contributed by atoms with van der Waals surface area (Å²) in [6, 6.07) is 0. The van der Waals surface area contributed by atoms with Crippen molar-refractivity contribution < 1.29 is 39.8 Å². The Hall–Kier alpha value is 0.0138. The molecule has 0 aliphatic heterocycles. The van der Waals surface area contributed by atoms with Crippen LogP contribution in [0.2, 0.25) is 6.55 Å². The van der Waals surface area contributed by atoms with Crippen LogP contribution in [0.5, 0.6) is 0 Å². The molecule has 0 aromatic heterocycles. The molecule has 0 saturated heterocycles. The first-order chi connectivity index (χ1) is 8.92. The zero-order valence-electron chi connectivity index (χ0n) is 12.0. The number of rotatable bonds is 9. The molecule has 0 unspecified atom stereocenters. The average Bonchev–Trinajstić information content (AvgIpc) is 2.46. The van der Waals surface area contributed by atoms with E-state index >= 15 is 0 Å². The van der Waals surface area contributed by atoms with Crippen LogP contribution in [0.15, 0.2) is 0 Å². The van der Waals surface area contributed by atoms with Crippen molar-refractivity contribution in [3.8, 4) is 0 Å². The normalized spacial score (nSPS) is 12.0. The van der Waals surface area contributed by atoms with Crippen molar-refractivity contribution >= 4 is 17.9 Å². The lowest BCUT2D eigenvalue weighted by Crippen LogP contribution is -2.46. The lowest BCUT2D eigenvalue weighted by Gasteiger charge is -2.20. The number of hydrogen-bond acceptors (Lipinski definition) is 7. The largest absolute Gasteiger partial charge is 0.680 e. The summed E-state index contributed by atoms with van der Waals surface area (Å²) in [5, 5.41) is 0. The second kappa shape index (κ2) is 11.8. The van der Waals surface area contributed by atoms with Crippen LogP contribution in [-0.4, -0.2) is 67.1 Å². The highest BCUT2D eigenvalue weighted by Crippen LogP contribution is 2.07. The van der Waals surface area contributed by atoms with E-state index in [2.05, 4.69) is 8.85 Å². The lowest BCUT2D eigenvalue weighted by atomic mass is 11.6. The van der Waals surface area contributed by atoms with Crippen LogP contribution in [0.3, 0.4) is 0 Å². The maximum Gasteiger partial charge on any atom is 0.680 e. The molecule has 0 rings (SSSR count). The third-order valence-corrected chi connectivity index (χ3v) is 6.12. The fraction of sp³-hybridized carbons (Fsp3) is 1.00. The minimum absolute atomic E-state index is 0.857. The van der Waals surface area contributed by atoms with E-state index in [-0.39, 0.29) is 0 Å². The van der Waals surface area contributed by atoms with Crippen LogP contribution in [0, 0.1) is 0 Å². The Kier molecular flexibility index (Phi) is 13.2. The predicted molar refractivity (Wildman–Crippen MR) is 66.5 cm³/mol. The highest BCUT2D eigenvalue weighted by molar-refractivity contribution is 6.59. The van der Waals surface area contributed by atoms with E-state index in [1.165, 1.54) is 35.5 Å². The van der Waals surface area contributed by atoms with Crippen LogP contribution in [0.25, 0.3) is 0 Å². The highest BCUT2D eigenvalue weighted by Gasteiger charge is 2.42. The minimum Gasteiger partial charge on any atom is -0.377 e. The lowest BCUT2D eigenvalue weighted by molar-refractivity contribution is -0.0180. The van der Waals surface area contributed by atoms with E-state index in [1.807, 2.05) is 0 Å². The smallest absolute Gasteiger partial charge is 0.377 e. The highest BCUT2D eigenvalue weighted by atomic mass is 28.4. The van der Waals surface area contributed by atoms with Crippen LogP contribution in [0.1, 0.15) is 0 Å². The van der Waals surface area contributed by atoms with Crippen molar-refractivity contribution in [2.45, 2.75) is 6.55 Å². The first-order valence-electron chi connectivity index (χ1n) is 5.08. The molecular weight excluding hydrogens is 302 g/mol. The van der Waals surface area contributed by atoms with Gasteiger partial charge in [0.05, 0.1) is 0 Å². The standard InChI is InChI=1S/C4H11FO4Si.C4H11FO3Si/c1-6-10(7-2,8-3)9-4-5;1-6-9(3,7-2)8-4-5/h4H2,1-3H3;4H2,1-3H3. The first kappa shape index (κ1) is 21.3. The zero-order chi connectivity index (χ0) is 15.4. The molecule has 19 heavy (non-hydrogen) atoms. The molecule has 118 valence electrons. The predicted octanol–water partition coefficient (Wildman–Crippen LogP) is 1.10. The summed E-state index contributed by atoms with van der Waals surface area (Å²) in [5.41, 5.74) is 0. The van der Waals surface area contributed by atoms with Crippen LogP contribution >= 0.6 is 0 Å². The second-order valence-corrected chi connectivity index (χ2v) is 8.23.